The van der Waals surface area contributed by atoms with Crippen molar-refractivity contribution in [3.63, 3.8) is 0 Å². The molecule has 0 aliphatic rings. The quantitative estimate of drug-likeness (QED) is 0.689. The number of carbonyl (C=O) groups excluding carboxylic acids is 1. The van der Waals surface area contributed by atoms with E-state index in [1.54, 1.807) is 24.6 Å². The summed E-state index contributed by atoms with van der Waals surface area (Å²) < 4.78 is 5.73. The lowest BCUT2D eigenvalue weighted by molar-refractivity contribution is 0.0948. The van der Waals surface area contributed by atoms with Crippen molar-refractivity contribution < 1.29 is 9.21 Å². The van der Waals surface area contributed by atoms with Gasteiger partial charge in [-0.2, -0.15) is 0 Å². The second kappa shape index (κ2) is 7.51. The Balaban J connectivity index is 1.60. The van der Waals surface area contributed by atoms with Crippen molar-refractivity contribution >= 4 is 34.5 Å². The molecule has 0 saturated carbocycles. The van der Waals surface area contributed by atoms with E-state index in [9.17, 15) is 4.79 Å². The van der Waals surface area contributed by atoms with Gasteiger partial charge in [-0.3, -0.25) is 4.79 Å². The van der Waals surface area contributed by atoms with Crippen molar-refractivity contribution in [1.29, 1.82) is 0 Å². The van der Waals surface area contributed by atoms with Crippen molar-refractivity contribution in [2.24, 2.45) is 0 Å². The van der Waals surface area contributed by atoms with E-state index in [4.69, 9.17) is 16.0 Å². The molecular weight excluding hydrogens is 346 g/mol. The van der Waals surface area contributed by atoms with E-state index >= 15 is 0 Å². The summed E-state index contributed by atoms with van der Waals surface area (Å²) in [6.07, 6.45) is 3.34. The third-order valence-electron chi connectivity index (χ3n) is 3.47. The Morgan fingerprint density at radius 2 is 2.21 bits per heavy atom. The molecule has 2 aromatic heterocycles. The minimum atomic E-state index is -0.129. The molecule has 0 fully saturated rings. The summed E-state index contributed by atoms with van der Waals surface area (Å²) in [4.78, 5) is 17.3. The van der Waals surface area contributed by atoms with Gasteiger partial charge in [-0.1, -0.05) is 11.6 Å². The maximum absolute atomic E-state index is 12.2. The molecule has 3 rings (SSSR count). The van der Waals surface area contributed by atoms with Gasteiger partial charge in [-0.25, -0.2) is 4.98 Å². The Hall–Kier alpha value is -2.31. The molecule has 2 N–H and O–H groups in total. The molecule has 0 bridgehead atoms. The van der Waals surface area contributed by atoms with Crippen LogP contribution in [0.5, 0.6) is 0 Å². The van der Waals surface area contributed by atoms with Crippen LogP contribution in [0.15, 0.2) is 47.2 Å². The molecule has 5 nitrogen and oxygen atoms in total. The molecule has 0 atom stereocenters. The van der Waals surface area contributed by atoms with Crippen LogP contribution in [0, 0.1) is 6.92 Å². The van der Waals surface area contributed by atoms with Crippen LogP contribution in [0.1, 0.15) is 26.6 Å². The van der Waals surface area contributed by atoms with E-state index in [1.165, 1.54) is 11.3 Å². The van der Waals surface area contributed by atoms with Gasteiger partial charge in [0.1, 0.15) is 5.76 Å². The van der Waals surface area contributed by atoms with Crippen LogP contribution in [-0.4, -0.2) is 10.9 Å². The number of thiazole rings is 1. The lowest BCUT2D eigenvalue weighted by Gasteiger charge is -2.10. The largest absolute Gasteiger partial charge is 0.467 e. The highest BCUT2D eigenvalue weighted by Crippen LogP contribution is 2.21. The van der Waals surface area contributed by atoms with Crippen molar-refractivity contribution in [3.8, 4) is 0 Å². The summed E-state index contributed by atoms with van der Waals surface area (Å²) in [5, 5.41) is 6.16. The number of amides is 1. The molecule has 0 saturated heterocycles. The number of carbonyl (C=O) groups is 1. The molecule has 0 aliphatic heterocycles. The average Bonchev–Trinajstić information content (AvgIpc) is 3.23. The van der Waals surface area contributed by atoms with Crippen molar-refractivity contribution in [2.45, 2.75) is 20.0 Å². The summed E-state index contributed by atoms with van der Waals surface area (Å²) in [6.45, 7) is 2.98. The zero-order valence-electron chi connectivity index (χ0n) is 13.0. The van der Waals surface area contributed by atoms with E-state index in [0.717, 1.165) is 21.9 Å². The Kier molecular flexibility index (Phi) is 5.17. The van der Waals surface area contributed by atoms with Gasteiger partial charge in [0.05, 0.1) is 19.4 Å². The fraction of sp³-hybridized carbons (Fsp3) is 0.176. The van der Waals surface area contributed by atoms with Crippen molar-refractivity contribution in [1.82, 2.24) is 10.3 Å². The van der Waals surface area contributed by atoms with Crippen LogP contribution in [0.3, 0.4) is 0 Å². The number of furan rings is 1. The summed E-state index contributed by atoms with van der Waals surface area (Å²) in [5.41, 5.74) is 2.59. The van der Waals surface area contributed by atoms with E-state index in [2.05, 4.69) is 15.6 Å². The Morgan fingerprint density at radius 3 is 2.88 bits per heavy atom. The normalized spacial score (nSPS) is 10.6. The van der Waals surface area contributed by atoms with Crippen LogP contribution >= 0.6 is 22.9 Å². The maximum atomic E-state index is 12.2. The first-order valence-corrected chi connectivity index (χ1v) is 8.56. The standard InChI is InChI=1S/C17H16ClN3O2S/c1-11-7-12(16(22)20-8-13-3-2-6-23-13)4-5-15(11)19-9-14-10-21-17(18)24-14/h2-7,10,19H,8-9H2,1H3,(H,20,22). The third kappa shape index (κ3) is 4.15. The predicted molar refractivity (Wildman–Crippen MR) is 95.5 cm³/mol. The number of rotatable bonds is 6. The SMILES string of the molecule is Cc1cc(C(=O)NCc2ccco2)ccc1NCc1cnc(Cl)s1. The molecule has 1 amide bonds. The van der Waals surface area contributed by atoms with E-state index in [-0.39, 0.29) is 5.91 Å². The molecule has 0 spiro atoms. The number of nitrogens with one attached hydrogen (secondary N) is 2. The van der Waals surface area contributed by atoms with E-state index in [1.807, 2.05) is 25.1 Å². The first-order valence-electron chi connectivity index (χ1n) is 7.37. The van der Waals surface area contributed by atoms with Crippen LogP contribution in [0.2, 0.25) is 4.47 Å². The zero-order valence-corrected chi connectivity index (χ0v) is 14.6. The number of halogens is 1. The van der Waals surface area contributed by atoms with Gasteiger partial charge in [0.15, 0.2) is 4.47 Å². The van der Waals surface area contributed by atoms with Crippen LogP contribution in [0.4, 0.5) is 5.69 Å². The summed E-state index contributed by atoms with van der Waals surface area (Å²) >= 11 is 7.27. The topological polar surface area (TPSA) is 67.2 Å². The molecule has 2 heterocycles. The number of aryl methyl sites for hydroxylation is 1. The summed E-state index contributed by atoms with van der Waals surface area (Å²) in [6, 6.07) is 9.18. The molecule has 0 unspecified atom stereocenters. The molecule has 7 heteroatoms. The number of hydrogen-bond acceptors (Lipinski definition) is 5. The highest BCUT2D eigenvalue weighted by atomic mass is 35.5. The van der Waals surface area contributed by atoms with E-state index in [0.29, 0.717) is 23.1 Å². The number of aromatic nitrogens is 1. The van der Waals surface area contributed by atoms with Crippen molar-refractivity contribution in [3.05, 3.63) is 69.0 Å². The van der Waals surface area contributed by atoms with Gasteiger partial charge < -0.3 is 15.1 Å². The molecular formula is C17H16ClN3O2S. The van der Waals surface area contributed by atoms with Gasteiger partial charge in [-0.15, -0.1) is 11.3 Å². The fourth-order valence-electron chi connectivity index (χ4n) is 2.23. The lowest BCUT2D eigenvalue weighted by Crippen LogP contribution is -2.22. The summed E-state index contributed by atoms with van der Waals surface area (Å²) in [7, 11) is 0. The van der Waals surface area contributed by atoms with Gasteiger partial charge in [0.25, 0.3) is 5.91 Å². The molecule has 0 radical (unpaired) electrons. The first-order chi connectivity index (χ1) is 11.6. The molecule has 124 valence electrons. The average molecular weight is 362 g/mol. The minimum Gasteiger partial charge on any atom is -0.467 e. The Morgan fingerprint density at radius 1 is 1.33 bits per heavy atom. The zero-order chi connectivity index (χ0) is 16.9. The molecule has 0 aliphatic carbocycles. The first kappa shape index (κ1) is 16.5. The van der Waals surface area contributed by atoms with Crippen molar-refractivity contribution in [2.75, 3.05) is 5.32 Å². The Bertz CT molecular complexity index is 830. The monoisotopic (exact) mass is 361 g/mol. The van der Waals surface area contributed by atoms with Crippen LogP contribution in [0.25, 0.3) is 0 Å². The molecule has 3 aromatic rings. The smallest absolute Gasteiger partial charge is 0.251 e. The molecule has 1 aromatic carbocycles. The Labute approximate surface area is 148 Å². The number of hydrogen-bond donors (Lipinski definition) is 2. The maximum Gasteiger partial charge on any atom is 0.251 e. The number of nitrogens with zero attached hydrogens (tertiary/aromatic N) is 1. The van der Waals surface area contributed by atoms with E-state index < -0.39 is 0 Å². The van der Waals surface area contributed by atoms with Crippen LogP contribution < -0.4 is 10.6 Å². The second-order valence-electron chi connectivity index (χ2n) is 5.22. The van der Waals surface area contributed by atoms with Gasteiger partial charge in [0, 0.05) is 22.3 Å². The minimum absolute atomic E-state index is 0.129. The third-order valence-corrected chi connectivity index (χ3v) is 4.59. The van der Waals surface area contributed by atoms with Crippen LogP contribution in [-0.2, 0) is 13.1 Å². The summed E-state index contributed by atoms with van der Waals surface area (Å²) in [5.74, 6) is 0.594. The van der Waals surface area contributed by atoms with Gasteiger partial charge >= 0.3 is 0 Å². The predicted octanol–water partition coefficient (Wildman–Crippen LogP) is 4.24. The number of anilines is 1. The molecule has 24 heavy (non-hydrogen) atoms. The highest BCUT2D eigenvalue weighted by molar-refractivity contribution is 7.15. The second-order valence-corrected chi connectivity index (χ2v) is 6.92. The number of benzene rings is 1. The highest BCUT2D eigenvalue weighted by Gasteiger charge is 2.09. The van der Waals surface area contributed by atoms with Gasteiger partial charge in [-0.05, 0) is 42.8 Å². The van der Waals surface area contributed by atoms with Gasteiger partial charge in [0.2, 0.25) is 0 Å². The fourth-order valence-corrected chi connectivity index (χ4v) is 3.15. The lowest BCUT2D eigenvalue weighted by atomic mass is 10.1.